The molecular formula is C14H16N2O2. The molecule has 1 unspecified atom stereocenters. The minimum Gasteiger partial charge on any atom is -0.501 e. The molecule has 4 heteroatoms. The lowest BCUT2D eigenvalue weighted by molar-refractivity contribution is 0.156. The molecule has 0 aliphatic carbocycles. The zero-order valence-corrected chi connectivity index (χ0v) is 10.1. The van der Waals surface area contributed by atoms with E-state index in [2.05, 4.69) is 4.98 Å². The van der Waals surface area contributed by atoms with Gasteiger partial charge in [0, 0.05) is 0 Å². The molecule has 2 heterocycles. The Hall–Kier alpha value is -1.81. The molecule has 3 rings (SSSR count). The van der Waals surface area contributed by atoms with Gasteiger partial charge in [-0.3, -0.25) is 0 Å². The Kier molecular flexibility index (Phi) is 3.02. The Morgan fingerprint density at radius 2 is 2.28 bits per heavy atom. The number of benzene rings is 1. The number of imidazole rings is 1. The lowest BCUT2D eigenvalue weighted by atomic mass is 10.0. The number of hydrogen-bond donors (Lipinski definition) is 1. The summed E-state index contributed by atoms with van der Waals surface area (Å²) in [7, 11) is 0. The van der Waals surface area contributed by atoms with Gasteiger partial charge in [0.1, 0.15) is 0 Å². The maximum atomic E-state index is 10.2. The summed E-state index contributed by atoms with van der Waals surface area (Å²) >= 11 is 0. The number of nitrogens with zero attached hydrogens (tertiary/aromatic N) is 2. The third-order valence-corrected chi connectivity index (χ3v) is 3.29. The molecule has 1 aliphatic heterocycles. The van der Waals surface area contributed by atoms with Gasteiger partial charge in [-0.25, -0.2) is 4.98 Å². The highest BCUT2D eigenvalue weighted by Crippen LogP contribution is 2.19. The zero-order valence-electron chi connectivity index (χ0n) is 10.1. The summed E-state index contributed by atoms with van der Waals surface area (Å²) < 4.78 is 7.24. The van der Waals surface area contributed by atoms with Crippen molar-refractivity contribution < 1.29 is 9.84 Å². The summed E-state index contributed by atoms with van der Waals surface area (Å²) in [6.07, 6.45) is 4.87. The fourth-order valence-corrected chi connectivity index (χ4v) is 2.29. The van der Waals surface area contributed by atoms with Crippen LogP contribution in [0.25, 0.3) is 11.0 Å². The van der Waals surface area contributed by atoms with Gasteiger partial charge in [0.05, 0.1) is 42.9 Å². The number of aromatic nitrogens is 2. The van der Waals surface area contributed by atoms with Crippen LogP contribution in [0.15, 0.2) is 42.4 Å². The Labute approximate surface area is 106 Å². The molecule has 0 amide bonds. The number of aliphatic hydroxyl groups excluding tert-OH is 1. The molecule has 0 bridgehead atoms. The van der Waals surface area contributed by atoms with Crippen LogP contribution >= 0.6 is 0 Å². The zero-order chi connectivity index (χ0) is 12.4. The molecular weight excluding hydrogens is 228 g/mol. The Morgan fingerprint density at radius 1 is 1.39 bits per heavy atom. The standard InChI is InChI=1S/C14H16N2O2/c17-14(11-4-3-7-18-9-11)8-16-10-15-12-5-1-2-6-13(12)16/h1-2,5-6,9-10,14,17H,3-4,7-8H2. The second-order valence-corrected chi connectivity index (χ2v) is 4.57. The molecule has 18 heavy (non-hydrogen) atoms. The van der Waals surface area contributed by atoms with E-state index in [9.17, 15) is 5.11 Å². The lowest BCUT2D eigenvalue weighted by Crippen LogP contribution is -2.20. The Morgan fingerprint density at radius 3 is 3.11 bits per heavy atom. The highest BCUT2D eigenvalue weighted by molar-refractivity contribution is 5.74. The normalized spacial score (nSPS) is 17.3. The predicted molar refractivity (Wildman–Crippen MR) is 69.0 cm³/mol. The summed E-state index contributed by atoms with van der Waals surface area (Å²) in [5.41, 5.74) is 2.98. The van der Waals surface area contributed by atoms with Gasteiger partial charge < -0.3 is 14.4 Å². The van der Waals surface area contributed by atoms with Gasteiger partial charge in [-0.05, 0) is 30.5 Å². The fourth-order valence-electron chi connectivity index (χ4n) is 2.29. The van der Waals surface area contributed by atoms with Crippen molar-refractivity contribution >= 4 is 11.0 Å². The molecule has 0 spiro atoms. The van der Waals surface area contributed by atoms with Gasteiger partial charge in [0.15, 0.2) is 0 Å². The van der Waals surface area contributed by atoms with Gasteiger partial charge in [0.25, 0.3) is 0 Å². The number of fused-ring (bicyclic) bond motifs is 1. The molecule has 1 atom stereocenters. The highest BCUT2D eigenvalue weighted by atomic mass is 16.5. The maximum absolute atomic E-state index is 10.2. The third-order valence-electron chi connectivity index (χ3n) is 3.29. The topological polar surface area (TPSA) is 47.3 Å². The number of aliphatic hydroxyl groups is 1. The number of ether oxygens (including phenoxy) is 1. The average molecular weight is 244 g/mol. The molecule has 1 aliphatic rings. The number of hydrogen-bond acceptors (Lipinski definition) is 3. The van der Waals surface area contributed by atoms with Gasteiger partial charge in [-0.1, -0.05) is 12.1 Å². The molecule has 2 aromatic rings. The van der Waals surface area contributed by atoms with Crippen molar-refractivity contribution in [2.75, 3.05) is 6.61 Å². The van der Waals surface area contributed by atoms with E-state index in [1.54, 1.807) is 12.6 Å². The van der Waals surface area contributed by atoms with Crippen LogP contribution in [0.5, 0.6) is 0 Å². The first-order valence-corrected chi connectivity index (χ1v) is 6.23. The first-order chi connectivity index (χ1) is 8.84. The summed E-state index contributed by atoms with van der Waals surface area (Å²) in [5.74, 6) is 0. The average Bonchev–Trinajstić information content (AvgIpc) is 2.83. The molecule has 1 aromatic heterocycles. The van der Waals surface area contributed by atoms with E-state index in [1.165, 1.54) is 0 Å². The molecule has 94 valence electrons. The molecule has 1 N–H and O–H groups in total. The molecule has 0 saturated heterocycles. The van der Waals surface area contributed by atoms with Crippen molar-refractivity contribution in [2.24, 2.45) is 0 Å². The highest BCUT2D eigenvalue weighted by Gasteiger charge is 2.15. The van der Waals surface area contributed by atoms with Crippen LogP contribution in [0.3, 0.4) is 0 Å². The van der Waals surface area contributed by atoms with E-state index in [-0.39, 0.29) is 0 Å². The second-order valence-electron chi connectivity index (χ2n) is 4.57. The summed E-state index contributed by atoms with van der Waals surface area (Å²) in [6, 6.07) is 7.94. The molecule has 0 fully saturated rings. The van der Waals surface area contributed by atoms with Crippen LogP contribution in [0.2, 0.25) is 0 Å². The first-order valence-electron chi connectivity index (χ1n) is 6.23. The van der Waals surface area contributed by atoms with Crippen LogP contribution in [0, 0.1) is 0 Å². The van der Waals surface area contributed by atoms with E-state index in [1.807, 2.05) is 28.8 Å². The number of para-hydroxylation sites is 2. The minimum atomic E-state index is -0.497. The minimum absolute atomic E-state index is 0.497. The van der Waals surface area contributed by atoms with Crippen molar-refractivity contribution in [3.05, 3.63) is 42.4 Å². The molecule has 1 aromatic carbocycles. The van der Waals surface area contributed by atoms with Gasteiger partial charge in [-0.2, -0.15) is 0 Å². The number of rotatable bonds is 3. The van der Waals surface area contributed by atoms with Gasteiger partial charge >= 0.3 is 0 Å². The van der Waals surface area contributed by atoms with Crippen molar-refractivity contribution in [1.82, 2.24) is 9.55 Å². The largest absolute Gasteiger partial charge is 0.501 e. The molecule has 4 nitrogen and oxygen atoms in total. The van der Waals surface area contributed by atoms with Crippen molar-refractivity contribution in [3.63, 3.8) is 0 Å². The van der Waals surface area contributed by atoms with E-state index in [4.69, 9.17) is 4.74 Å². The first kappa shape index (κ1) is 11.3. The predicted octanol–water partition coefficient (Wildman–Crippen LogP) is 2.09. The van der Waals surface area contributed by atoms with Gasteiger partial charge in [-0.15, -0.1) is 0 Å². The fraction of sp³-hybridized carbons (Fsp3) is 0.357. The van der Waals surface area contributed by atoms with E-state index < -0.39 is 6.10 Å². The van der Waals surface area contributed by atoms with E-state index in [0.717, 1.165) is 36.1 Å². The summed E-state index contributed by atoms with van der Waals surface area (Å²) in [4.78, 5) is 4.32. The third kappa shape index (κ3) is 2.11. The Bertz CT molecular complexity index is 574. The maximum Gasteiger partial charge on any atom is 0.0961 e. The summed E-state index contributed by atoms with van der Waals surface area (Å²) in [6.45, 7) is 1.28. The van der Waals surface area contributed by atoms with Crippen LogP contribution in [-0.2, 0) is 11.3 Å². The van der Waals surface area contributed by atoms with Crippen LogP contribution in [-0.4, -0.2) is 27.4 Å². The SMILES string of the molecule is OC(Cn1cnc2ccccc21)C1=COCCC1. The molecule has 0 radical (unpaired) electrons. The van der Waals surface area contributed by atoms with Crippen LogP contribution in [0.4, 0.5) is 0 Å². The van der Waals surface area contributed by atoms with Crippen molar-refractivity contribution in [3.8, 4) is 0 Å². The summed E-state index contributed by atoms with van der Waals surface area (Å²) in [5, 5.41) is 10.2. The lowest BCUT2D eigenvalue weighted by Gasteiger charge is -2.19. The van der Waals surface area contributed by atoms with Crippen molar-refractivity contribution in [2.45, 2.75) is 25.5 Å². The van der Waals surface area contributed by atoms with Crippen LogP contribution in [0.1, 0.15) is 12.8 Å². The van der Waals surface area contributed by atoms with Crippen molar-refractivity contribution in [1.29, 1.82) is 0 Å². The smallest absolute Gasteiger partial charge is 0.0961 e. The monoisotopic (exact) mass is 244 g/mol. The van der Waals surface area contributed by atoms with E-state index in [0.29, 0.717) is 6.54 Å². The van der Waals surface area contributed by atoms with Gasteiger partial charge in [0.2, 0.25) is 0 Å². The quantitative estimate of drug-likeness (QED) is 0.899. The second kappa shape index (κ2) is 4.82. The van der Waals surface area contributed by atoms with E-state index >= 15 is 0 Å². The molecule has 0 saturated carbocycles. The van der Waals surface area contributed by atoms with Crippen LogP contribution < -0.4 is 0 Å². The Balaban J connectivity index is 1.81.